The summed E-state index contributed by atoms with van der Waals surface area (Å²) < 4.78 is 7.87. The van der Waals surface area contributed by atoms with Crippen LogP contribution in [0.15, 0.2) is 30.3 Å². The van der Waals surface area contributed by atoms with Crippen molar-refractivity contribution in [1.29, 1.82) is 0 Å². The normalized spacial score (nSPS) is 19.6. The van der Waals surface area contributed by atoms with Crippen LogP contribution in [0.3, 0.4) is 0 Å². The topological polar surface area (TPSA) is 52.0 Å². The summed E-state index contributed by atoms with van der Waals surface area (Å²) in [6.45, 7) is 4.00. The first-order valence-corrected chi connectivity index (χ1v) is 7.09. The van der Waals surface area contributed by atoms with Crippen molar-refractivity contribution in [3.05, 3.63) is 47.5 Å². The first-order chi connectivity index (χ1) is 9.85. The van der Waals surface area contributed by atoms with Gasteiger partial charge in [-0.3, -0.25) is 0 Å². The summed E-state index contributed by atoms with van der Waals surface area (Å²) in [5.41, 5.74) is 1.11. The molecule has 0 aliphatic carbocycles. The van der Waals surface area contributed by atoms with Crippen LogP contribution < -0.4 is 5.32 Å². The van der Waals surface area contributed by atoms with Gasteiger partial charge in [0.2, 0.25) is 0 Å². The SMILES string of the molecule is CCC1NCCn2c1nnc2C(OC)c1ccccc1. The van der Waals surface area contributed by atoms with Gasteiger partial charge in [0.25, 0.3) is 0 Å². The number of rotatable bonds is 4. The van der Waals surface area contributed by atoms with Gasteiger partial charge in [-0.25, -0.2) is 0 Å². The minimum atomic E-state index is -0.159. The van der Waals surface area contributed by atoms with Crippen molar-refractivity contribution < 1.29 is 4.74 Å². The number of aromatic nitrogens is 3. The summed E-state index contributed by atoms with van der Waals surface area (Å²) in [6, 6.07) is 10.5. The zero-order valence-corrected chi connectivity index (χ0v) is 11.9. The molecule has 5 nitrogen and oxygen atoms in total. The van der Waals surface area contributed by atoms with E-state index >= 15 is 0 Å². The van der Waals surface area contributed by atoms with E-state index in [4.69, 9.17) is 4.74 Å². The second-order valence-corrected chi connectivity index (χ2v) is 5.01. The summed E-state index contributed by atoms with van der Waals surface area (Å²) in [4.78, 5) is 0. The molecule has 3 rings (SSSR count). The van der Waals surface area contributed by atoms with Gasteiger partial charge >= 0.3 is 0 Å². The summed E-state index contributed by atoms with van der Waals surface area (Å²) in [7, 11) is 1.72. The summed E-state index contributed by atoms with van der Waals surface area (Å²) in [6.07, 6.45) is 0.856. The molecule has 2 atom stereocenters. The minimum absolute atomic E-state index is 0.159. The Balaban J connectivity index is 2.00. The minimum Gasteiger partial charge on any atom is -0.369 e. The number of nitrogens with one attached hydrogen (secondary N) is 1. The molecule has 0 spiro atoms. The van der Waals surface area contributed by atoms with Crippen molar-refractivity contribution in [2.45, 2.75) is 32.0 Å². The van der Waals surface area contributed by atoms with E-state index in [1.54, 1.807) is 7.11 Å². The molecule has 0 saturated heterocycles. The maximum Gasteiger partial charge on any atom is 0.166 e. The van der Waals surface area contributed by atoms with Crippen LogP contribution in [0.1, 0.15) is 42.7 Å². The van der Waals surface area contributed by atoms with Gasteiger partial charge in [-0.05, 0) is 12.0 Å². The molecule has 0 radical (unpaired) electrons. The maximum atomic E-state index is 5.67. The molecule has 5 heteroatoms. The number of fused-ring (bicyclic) bond motifs is 1. The molecule has 0 amide bonds. The van der Waals surface area contributed by atoms with E-state index in [1.807, 2.05) is 18.2 Å². The lowest BCUT2D eigenvalue weighted by Crippen LogP contribution is -2.34. The highest BCUT2D eigenvalue weighted by Crippen LogP contribution is 2.27. The molecule has 1 aromatic carbocycles. The van der Waals surface area contributed by atoms with Crippen molar-refractivity contribution in [1.82, 2.24) is 20.1 Å². The lowest BCUT2D eigenvalue weighted by atomic mass is 10.1. The van der Waals surface area contributed by atoms with Gasteiger partial charge in [0.05, 0.1) is 6.04 Å². The van der Waals surface area contributed by atoms with Gasteiger partial charge in [0.1, 0.15) is 11.9 Å². The largest absolute Gasteiger partial charge is 0.369 e. The Morgan fingerprint density at radius 3 is 2.85 bits per heavy atom. The predicted molar refractivity (Wildman–Crippen MR) is 76.4 cm³/mol. The predicted octanol–water partition coefficient (Wildman–Crippen LogP) is 2.07. The Labute approximate surface area is 119 Å². The molecule has 2 aromatic rings. The monoisotopic (exact) mass is 272 g/mol. The van der Waals surface area contributed by atoms with Gasteiger partial charge in [-0.2, -0.15) is 0 Å². The average Bonchev–Trinajstić information content (AvgIpc) is 2.93. The summed E-state index contributed by atoms with van der Waals surface area (Å²) >= 11 is 0. The Morgan fingerprint density at radius 2 is 2.15 bits per heavy atom. The quantitative estimate of drug-likeness (QED) is 0.925. The van der Waals surface area contributed by atoms with Crippen LogP contribution >= 0.6 is 0 Å². The molecule has 20 heavy (non-hydrogen) atoms. The molecule has 2 unspecified atom stereocenters. The molecule has 1 aliphatic rings. The van der Waals surface area contributed by atoms with E-state index in [1.165, 1.54) is 0 Å². The Morgan fingerprint density at radius 1 is 1.35 bits per heavy atom. The molecule has 0 fully saturated rings. The van der Waals surface area contributed by atoms with Crippen LogP contribution in [0.2, 0.25) is 0 Å². The molecule has 1 aliphatic heterocycles. The fraction of sp³-hybridized carbons (Fsp3) is 0.467. The molecule has 106 valence electrons. The molecule has 0 saturated carbocycles. The number of benzene rings is 1. The third-order valence-corrected chi connectivity index (χ3v) is 3.83. The standard InChI is InChI=1S/C15H20N4O/c1-3-12-14-17-18-15(19(14)10-9-16-12)13(20-2)11-7-5-4-6-8-11/h4-8,12-13,16H,3,9-10H2,1-2H3. The molecule has 1 aromatic heterocycles. The van der Waals surface area contributed by atoms with Crippen LogP contribution in [0.25, 0.3) is 0 Å². The van der Waals surface area contributed by atoms with Crippen molar-refractivity contribution >= 4 is 0 Å². The van der Waals surface area contributed by atoms with E-state index in [-0.39, 0.29) is 6.10 Å². The van der Waals surface area contributed by atoms with E-state index in [0.717, 1.165) is 36.7 Å². The molecule has 2 heterocycles. The van der Waals surface area contributed by atoms with Crippen LogP contribution in [0.5, 0.6) is 0 Å². The van der Waals surface area contributed by atoms with Gasteiger partial charge in [0.15, 0.2) is 5.82 Å². The van der Waals surface area contributed by atoms with Gasteiger partial charge in [-0.15, -0.1) is 10.2 Å². The maximum absolute atomic E-state index is 5.67. The Kier molecular flexibility index (Phi) is 3.80. The summed E-state index contributed by atoms with van der Waals surface area (Å²) in [5, 5.41) is 12.2. The van der Waals surface area contributed by atoms with Gasteiger partial charge < -0.3 is 14.6 Å². The van der Waals surface area contributed by atoms with Crippen LogP contribution in [-0.2, 0) is 11.3 Å². The van der Waals surface area contributed by atoms with E-state index in [9.17, 15) is 0 Å². The Hall–Kier alpha value is -1.72. The second kappa shape index (κ2) is 5.73. The first-order valence-electron chi connectivity index (χ1n) is 7.09. The van der Waals surface area contributed by atoms with E-state index < -0.39 is 0 Å². The van der Waals surface area contributed by atoms with Crippen molar-refractivity contribution in [3.8, 4) is 0 Å². The van der Waals surface area contributed by atoms with Gasteiger partial charge in [0, 0.05) is 20.2 Å². The van der Waals surface area contributed by atoms with Gasteiger partial charge in [-0.1, -0.05) is 37.3 Å². The second-order valence-electron chi connectivity index (χ2n) is 5.01. The first kappa shape index (κ1) is 13.3. The van der Waals surface area contributed by atoms with Crippen molar-refractivity contribution in [2.75, 3.05) is 13.7 Å². The summed E-state index contributed by atoms with van der Waals surface area (Å²) in [5.74, 6) is 1.92. The van der Waals surface area contributed by atoms with Crippen molar-refractivity contribution in [3.63, 3.8) is 0 Å². The van der Waals surface area contributed by atoms with Crippen LogP contribution in [0, 0.1) is 0 Å². The molecule has 0 bridgehead atoms. The third-order valence-electron chi connectivity index (χ3n) is 3.83. The highest BCUT2D eigenvalue weighted by Gasteiger charge is 2.27. The molecule has 1 N–H and O–H groups in total. The zero-order valence-electron chi connectivity index (χ0n) is 11.9. The highest BCUT2D eigenvalue weighted by atomic mass is 16.5. The van der Waals surface area contributed by atoms with Crippen molar-refractivity contribution in [2.24, 2.45) is 0 Å². The fourth-order valence-electron chi connectivity index (χ4n) is 2.80. The number of nitrogens with zero attached hydrogens (tertiary/aromatic N) is 3. The van der Waals surface area contributed by atoms with Crippen LogP contribution in [0.4, 0.5) is 0 Å². The Bertz CT molecular complexity index is 567. The van der Waals surface area contributed by atoms with Crippen LogP contribution in [-0.4, -0.2) is 28.4 Å². The molecular weight excluding hydrogens is 252 g/mol. The fourth-order valence-corrected chi connectivity index (χ4v) is 2.80. The third kappa shape index (κ3) is 2.23. The number of ether oxygens (including phenoxy) is 1. The average molecular weight is 272 g/mol. The highest BCUT2D eigenvalue weighted by molar-refractivity contribution is 5.24. The van der Waals surface area contributed by atoms with E-state index in [0.29, 0.717) is 6.04 Å². The molecular formula is C15H20N4O. The lowest BCUT2D eigenvalue weighted by molar-refractivity contribution is 0.124. The van der Waals surface area contributed by atoms with E-state index in [2.05, 4.69) is 39.1 Å². The smallest absolute Gasteiger partial charge is 0.166 e. The lowest BCUT2D eigenvalue weighted by Gasteiger charge is -2.25. The number of methoxy groups -OCH3 is 1. The zero-order chi connectivity index (χ0) is 13.9. The number of hydrogen-bond donors (Lipinski definition) is 1. The number of hydrogen-bond acceptors (Lipinski definition) is 4.